The fraction of sp³-hybridized carbons (Fsp3) is 0.609. The molecular formula is C23H34N2O5. The van der Waals surface area contributed by atoms with Crippen molar-refractivity contribution in [2.75, 3.05) is 20.1 Å². The van der Waals surface area contributed by atoms with Gasteiger partial charge in [0.05, 0.1) is 5.92 Å². The van der Waals surface area contributed by atoms with Crippen LogP contribution in [-0.4, -0.2) is 59.5 Å². The van der Waals surface area contributed by atoms with Gasteiger partial charge >= 0.3 is 12.1 Å². The molecule has 1 aliphatic heterocycles. The number of carbonyl (C=O) groups is 3. The number of amides is 2. The van der Waals surface area contributed by atoms with E-state index in [4.69, 9.17) is 9.47 Å². The Kier molecular flexibility index (Phi) is 7.87. The minimum Gasteiger partial charge on any atom is -0.458 e. The lowest BCUT2D eigenvalue weighted by Gasteiger charge is -2.33. The average Bonchev–Trinajstić information content (AvgIpc) is 3.14. The zero-order valence-corrected chi connectivity index (χ0v) is 18.9. The minimum atomic E-state index is -0.671. The molecule has 0 saturated carbocycles. The third kappa shape index (κ3) is 6.47. The highest BCUT2D eigenvalue weighted by atomic mass is 16.6. The fourth-order valence-electron chi connectivity index (χ4n) is 3.60. The van der Waals surface area contributed by atoms with Gasteiger partial charge in [0.15, 0.2) is 0 Å². The van der Waals surface area contributed by atoms with Gasteiger partial charge in [0.25, 0.3) is 0 Å². The van der Waals surface area contributed by atoms with Crippen molar-refractivity contribution in [3.63, 3.8) is 0 Å². The summed E-state index contributed by atoms with van der Waals surface area (Å²) in [4.78, 5) is 41.1. The average molecular weight is 419 g/mol. The Morgan fingerprint density at radius 3 is 2.37 bits per heavy atom. The van der Waals surface area contributed by atoms with Crippen LogP contribution in [0.3, 0.4) is 0 Å². The van der Waals surface area contributed by atoms with E-state index in [0.29, 0.717) is 13.0 Å². The third-order valence-electron chi connectivity index (χ3n) is 5.05. The maximum absolute atomic E-state index is 13.0. The summed E-state index contributed by atoms with van der Waals surface area (Å²) in [5.41, 5.74) is 0.287. The first-order chi connectivity index (χ1) is 14.0. The second-order valence-corrected chi connectivity index (χ2v) is 9.14. The van der Waals surface area contributed by atoms with Crippen LogP contribution < -0.4 is 0 Å². The summed E-state index contributed by atoms with van der Waals surface area (Å²) < 4.78 is 10.9. The molecule has 0 aromatic heterocycles. The minimum absolute atomic E-state index is 0.0952. The molecule has 0 radical (unpaired) electrons. The van der Waals surface area contributed by atoms with Gasteiger partial charge in [-0.05, 0) is 38.7 Å². The Morgan fingerprint density at radius 1 is 1.17 bits per heavy atom. The molecule has 0 aliphatic carbocycles. The topological polar surface area (TPSA) is 76.2 Å². The van der Waals surface area contributed by atoms with Crippen LogP contribution in [0.25, 0.3) is 0 Å². The molecule has 1 aliphatic rings. The van der Waals surface area contributed by atoms with Gasteiger partial charge in [-0.15, -0.1) is 0 Å². The molecule has 7 nitrogen and oxygen atoms in total. The van der Waals surface area contributed by atoms with Crippen LogP contribution >= 0.6 is 0 Å². The zero-order chi connectivity index (χ0) is 22.5. The molecule has 1 fully saturated rings. The van der Waals surface area contributed by atoms with Gasteiger partial charge in [-0.25, -0.2) is 9.59 Å². The molecule has 0 spiro atoms. The molecule has 7 heteroatoms. The number of nitrogens with zero attached hydrogens (tertiary/aromatic N) is 2. The second kappa shape index (κ2) is 9.96. The number of likely N-dealkylation sites (N-methyl/N-ethyl adjacent to an activating group) is 1. The number of benzene rings is 1. The van der Waals surface area contributed by atoms with E-state index in [9.17, 15) is 14.4 Å². The zero-order valence-electron chi connectivity index (χ0n) is 18.9. The smallest absolute Gasteiger partial charge is 0.410 e. The van der Waals surface area contributed by atoms with Crippen molar-refractivity contribution in [2.45, 2.75) is 59.3 Å². The highest BCUT2D eigenvalue weighted by molar-refractivity contribution is 5.86. The number of rotatable bonds is 6. The van der Waals surface area contributed by atoms with Crippen LogP contribution in [-0.2, 0) is 25.7 Å². The van der Waals surface area contributed by atoms with Crippen molar-refractivity contribution in [2.24, 2.45) is 11.8 Å². The van der Waals surface area contributed by atoms with E-state index in [1.54, 1.807) is 32.7 Å². The molecule has 1 aromatic rings. The van der Waals surface area contributed by atoms with Crippen molar-refractivity contribution in [3.05, 3.63) is 35.9 Å². The molecule has 1 heterocycles. The number of hydrogen-bond acceptors (Lipinski definition) is 5. The van der Waals surface area contributed by atoms with Gasteiger partial charge in [-0.1, -0.05) is 44.2 Å². The predicted octanol–water partition coefficient (Wildman–Crippen LogP) is 3.47. The summed E-state index contributed by atoms with van der Waals surface area (Å²) in [6.07, 6.45) is 0.118. The first-order valence-electron chi connectivity index (χ1n) is 10.4. The maximum atomic E-state index is 13.0. The molecule has 1 saturated heterocycles. The fourth-order valence-corrected chi connectivity index (χ4v) is 3.60. The van der Waals surface area contributed by atoms with Crippen LogP contribution in [0.2, 0.25) is 0 Å². The van der Waals surface area contributed by atoms with Crippen LogP contribution in [0.5, 0.6) is 0 Å². The summed E-state index contributed by atoms with van der Waals surface area (Å²) in [5.74, 6) is -1.02. The summed E-state index contributed by atoms with van der Waals surface area (Å²) in [5, 5.41) is 0. The molecule has 2 rings (SSSR count). The summed E-state index contributed by atoms with van der Waals surface area (Å²) >= 11 is 0. The van der Waals surface area contributed by atoms with Crippen molar-refractivity contribution in [1.82, 2.24) is 9.80 Å². The van der Waals surface area contributed by atoms with E-state index in [0.717, 1.165) is 5.56 Å². The van der Waals surface area contributed by atoms with Gasteiger partial charge in [-0.3, -0.25) is 4.79 Å². The Labute approximate surface area is 179 Å². The lowest BCUT2D eigenvalue weighted by atomic mass is 9.99. The van der Waals surface area contributed by atoms with Crippen LogP contribution in [0.4, 0.5) is 4.79 Å². The molecule has 1 aromatic carbocycles. The van der Waals surface area contributed by atoms with E-state index in [1.807, 2.05) is 44.2 Å². The van der Waals surface area contributed by atoms with Crippen molar-refractivity contribution in [3.8, 4) is 0 Å². The maximum Gasteiger partial charge on any atom is 0.410 e. The molecule has 30 heavy (non-hydrogen) atoms. The number of ether oxygens (including phenoxy) is 2. The van der Waals surface area contributed by atoms with E-state index in [2.05, 4.69) is 0 Å². The van der Waals surface area contributed by atoms with Crippen LogP contribution in [0.1, 0.15) is 46.6 Å². The first-order valence-corrected chi connectivity index (χ1v) is 10.4. The van der Waals surface area contributed by atoms with Gasteiger partial charge in [0.1, 0.15) is 18.2 Å². The monoisotopic (exact) mass is 418 g/mol. The van der Waals surface area contributed by atoms with Crippen LogP contribution in [0, 0.1) is 11.8 Å². The Morgan fingerprint density at radius 2 is 1.80 bits per heavy atom. The number of carbonyl (C=O) groups excluding carboxylic acids is 3. The Balaban J connectivity index is 1.94. The highest BCUT2D eigenvalue weighted by Gasteiger charge is 2.39. The lowest BCUT2D eigenvalue weighted by molar-refractivity contribution is -0.166. The molecule has 0 bridgehead atoms. The number of hydrogen-bond donors (Lipinski definition) is 0. The molecule has 0 N–H and O–H groups in total. The van der Waals surface area contributed by atoms with E-state index >= 15 is 0 Å². The molecule has 166 valence electrons. The molecular weight excluding hydrogens is 384 g/mol. The summed E-state index contributed by atoms with van der Waals surface area (Å²) in [6.45, 7) is 10.1. The van der Waals surface area contributed by atoms with E-state index in [-0.39, 0.29) is 30.9 Å². The number of likely N-dealkylation sites (tertiary alicyclic amines) is 1. The largest absolute Gasteiger partial charge is 0.458 e. The standard InChI is InChI=1S/C23H34N2O5/c1-16(2)19(21(27)30-23(3,4)5)24(6)20(26)18-12-13-25(14-18)22(28)29-15-17-10-8-7-9-11-17/h7-11,16,18-19H,12-15H2,1-6H3/t18-,19-/m0/s1. The predicted molar refractivity (Wildman–Crippen MR) is 114 cm³/mol. The van der Waals surface area contributed by atoms with Crippen LogP contribution in [0.15, 0.2) is 30.3 Å². The quantitative estimate of drug-likeness (QED) is 0.661. The lowest BCUT2D eigenvalue weighted by Crippen LogP contribution is -2.50. The van der Waals surface area contributed by atoms with Crippen molar-refractivity contribution < 1.29 is 23.9 Å². The first kappa shape index (κ1) is 23.7. The summed E-state index contributed by atoms with van der Waals surface area (Å²) in [6, 6.07) is 8.79. The Bertz CT molecular complexity index is 742. The SMILES string of the molecule is CC(C)[C@@H](C(=O)OC(C)(C)C)N(C)C(=O)[C@H]1CCN(C(=O)OCc2ccccc2)C1. The molecule has 0 unspecified atom stereocenters. The van der Waals surface area contributed by atoms with Gasteiger partial charge in [-0.2, -0.15) is 0 Å². The van der Waals surface area contributed by atoms with Gasteiger partial charge in [0, 0.05) is 20.1 Å². The number of esters is 1. The van der Waals surface area contributed by atoms with E-state index < -0.39 is 23.7 Å². The van der Waals surface area contributed by atoms with Gasteiger partial charge in [0.2, 0.25) is 5.91 Å². The van der Waals surface area contributed by atoms with Crippen molar-refractivity contribution >= 4 is 18.0 Å². The highest BCUT2D eigenvalue weighted by Crippen LogP contribution is 2.23. The third-order valence-corrected chi connectivity index (χ3v) is 5.05. The Hall–Kier alpha value is -2.57. The molecule has 2 atom stereocenters. The molecule has 2 amide bonds. The van der Waals surface area contributed by atoms with Gasteiger partial charge < -0.3 is 19.3 Å². The normalized spacial score (nSPS) is 17.6. The summed E-state index contributed by atoms with van der Waals surface area (Å²) in [7, 11) is 1.63. The van der Waals surface area contributed by atoms with E-state index in [1.165, 1.54) is 4.90 Å². The second-order valence-electron chi connectivity index (χ2n) is 9.14. The van der Waals surface area contributed by atoms with Crippen molar-refractivity contribution in [1.29, 1.82) is 0 Å².